The molecule has 1 aliphatic heterocycles. The van der Waals surface area contributed by atoms with E-state index in [1.807, 2.05) is 0 Å². The predicted molar refractivity (Wildman–Crippen MR) is 105 cm³/mol. The Kier molecular flexibility index (Phi) is 7.97. The van der Waals surface area contributed by atoms with E-state index in [0.29, 0.717) is 30.2 Å². The molecule has 2 rings (SSSR count). The monoisotopic (exact) mass is 403 g/mol. The van der Waals surface area contributed by atoms with E-state index in [2.05, 4.69) is 4.74 Å². The van der Waals surface area contributed by atoms with E-state index in [1.54, 1.807) is 51.3 Å². The van der Waals surface area contributed by atoms with Gasteiger partial charge in [0.25, 0.3) is 5.91 Å². The van der Waals surface area contributed by atoms with Crippen LogP contribution in [0.3, 0.4) is 0 Å². The standard InChI is InChI=1S/C21H25NO7/c1-5-28-21(25)19-14(2)22(10-11-26-3)20(24)17(19)12-15-6-8-16(9-7-15)29-13-18(23)27-4/h6-9,12H,5,10-11,13H2,1-4H3/b17-12-. The van der Waals surface area contributed by atoms with E-state index in [0.717, 1.165) is 0 Å². The quantitative estimate of drug-likeness (QED) is 0.460. The number of rotatable bonds is 9. The van der Waals surface area contributed by atoms with Crippen molar-refractivity contribution in [2.75, 3.05) is 40.6 Å². The first-order valence-electron chi connectivity index (χ1n) is 9.13. The van der Waals surface area contributed by atoms with Crippen LogP contribution in [0.25, 0.3) is 6.08 Å². The Morgan fingerprint density at radius 1 is 1.14 bits per heavy atom. The topological polar surface area (TPSA) is 91.4 Å². The molecule has 1 amide bonds. The number of carbonyl (C=O) groups excluding carboxylic acids is 3. The molecule has 8 heteroatoms. The Hall–Kier alpha value is -3.13. The first-order chi connectivity index (χ1) is 13.9. The molecule has 156 valence electrons. The van der Waals surface area contributed by atoms with Crippen molar-refractivity contribution in [3.05, 3.63) is 46.7 Å². The molecule has 0 radical (unpaired) electrons. The average molecular weight is 403 g/mol. The van der Waals surface area contributed by atoms with Crippen LogP contribution >= 0.6 is 0 Å². The van der Waals surface area contributed by atoms with E-state index in [4.69, 9.17) is 14.2 Å². The highest BCUT2D eigenvalue weighted by atomic mass is 16.6. The van der Waals surface area contributed by atoms with Crippen molar-refractivity contribution in [3.63, 3.8) is 0 Å². The molecule has 0 aliphatic carbocycles. The summed E-state index contributed by atoms with van der Waals surface area (Å²) in [5.41, 5.74) is 1.75. The second-order valence-electron chi connectivity index (χ2n) is 6.12. The van der Waals surface area contributed by atoms with Gasteiger partial charge in [-0.2, -0.15) is 0 Å². The van der Waals surface area contributed by atoms with Crippen molar-refractivity contribution >= 4 is 23.9 Å². The fourth-order valence-corrected chi connectivity index (χ4v) is 2.81. The molecule has 29 heavy (non-hydrogen) atoms. The maximum Gasteiger partial charge on any atom is 0.343 e. The van der Waals surface area contributed by atoms with Gasteiger partial charge in [0.05, 0.1) is 31.5 Å². The lowest BCUT2D eigenvalue weighted by Gasteiger charge is -2.16. The number of hydrogen-bond acceptors (Lipinski definition) is 7. The molecule has 1 aromatic rings. The molecular formula is C21H25NO7. The fraction of sp³-hybridized carbons (Fsp3) is 0.381. The van der Waals surface area contributed by atoms with Gasteiger partial charge in [-0.05, 0) is 37.6 Å². The summed E-state index contributed by atoms with van der Waals surface area (Å²) in [6.07, 6.45) is 1.63. The maximum atomic E-state index is 12.9. The largest absolute Gasteiger partial charge is 0.482 e. The van der Waals surface area contributed by atoms with Crippen LogP contribution in [0.15, 0.2) is 41.1 Å². The van der Waals surface area contributed by atoms with Gasteiger partial charge in [-0.3, -0.25) is 4.79 Å². The summed E-state index contributed by atoms with van der Waals surface area (Å²) in [5.74, 6) is -0.825. The molecule has 0 saturated heterocycles. The van der Waals surface area contributed by atoms with E-state index in [-0.39, 0.29) is 30.3 Å². The number of ether oxygens (including phenoxy) is 4. The smallest absolute Gasteiger partial charge is 0.343 e. The van der Waals surface area contributed by atoms with E-state index >= 15 is 0 Å². The van der Waals surface area contributed by atoms with Crippen LogP contribution in [0.4, 0.5) is 0 Å². The molecule has 1 heterocycles. The summed E-state index contributed by atoms with van der Waals surface area (Å²) in [6, 6.07) is 6.78. The minimum absolute atomic E-state index is 0.196. The number of carbonyl (C=O) groups is 3. The highest BCUT2D eigenvalue weighted by Gasteiger charge is 2.36. The van der Waals surface area contributed by atoms with Crippen LogP contribution in [0.5, 0.6) is 5.75 Å². The highest BCUT2D eigenvalue weighted by molar-refractivity contribution is 6.16. The Balaban J connectivity index is 2.29. The van der Waals surface area contributed by atoms with Crippen molar-refractivity contribution in [1.29, 1.82) is 0 Å². The van der Waals surface area contributed by atoms with Gasteiger partial charge in [0.1, 0.15) is 5.75 Å². The third-order valence-corrected chi connectivity index (χ3v) is 4.29. The molecule has 0 spiro atoms. The molecule has 0 bridgehead atoms. The van der Waals surface area contributed by atoms with Crippen molar-refractivity contribution in [2.45, 2.75) is 13.8 Å². The SMILES string of the molecule is CCOC(=O)C1=C(C)N(CCOC)C(=O)/C1=C\c1ccc(OCC(=O)OC)cc1. The normalized spacial score (nSPS) is 15.1. The van der Waals surface area contributed by atoms with Crippen LogP contribution in [0.1, 0.15) is 19.4 Å². The van der Waals surface area contributed by atoms with E-state index < -0.39 is 11.9 Å². The van der Waals surface area contributed by atoms with Crippen LogP contribution in [0, 0.1) is 0 Å². The van der Waals surface area contributed by atoms with Gasteiger partial charge >= 0.3 is 11.9 Å². The van der Waals surface area contributed by atoms with Crippen molar-refractivity contribution in [3.8, 4) is 5.75 Å². The highest BCUT2D eigenvalue weighted by Crippen LogP contribution is 2.31. The minimum atomic E-state index is -0.539. The number of amides is 1. The third kappa shape index (κ3) is 5.45. The zero-order valence-corrected chi connectivity index (χ0v) is 17.0. The zero-order valence-electron chi connectivity index (χ0n) is 17.0. The first kappa shape index (κ1) is 22.2. The molecule has 1 aliphatic rings. The molecule has 8 nitrogen and oxygen atoms in total. The summed E-state index contributed by atoms with van der Waals surface area (Å²) in [4.78, 5) is 38.0. The average Bonchev–Trinajstić information content (AvgIpc) is 2.95. The first-order valence-corrected chi connectivity index (χ1v) is 9.13. The Labute approximate surface area is 169 Å². The van der Waals surface area contributed by atoms with Gasteiger partial charge in [0, 0.05) is 19.4 Å². The summed E-state index contributed by atoms with van der Waals surface area (Å²) in [5, 5.41) is 0. The second kappa shape index (κ2) is 10.4. The van der Waals surface area contributed by atoms with Crippen LogP contribution < -0.4 is 4.74 Å². The Morgan fingerprint density at radius 2 is 1.83 bits per heavy atom. The number of allylic oxidation sites excluding steroid dienone is 1. The lowest BCUT2D eigenvalue weighted by atomic mass is 10.0. The maximum absolute atomic E-state index is 12.9. The number of nitrogens with zero attached hydrogens (tertiary/aromatic N) is 1. The van der Waals surface area contributed by atoms with Gasteiger partial charge in [-0.15, -0.1) is 0 Å². The van der Waals surface area contributed by atoms with Gasteiger partial charge in [0.15, 0.2) is 6.61 Å². The summed E-state index contributed by atoms with van der Waals surface area (Å²) in [7, 11) is 2.83. The molecule has 0 unspecified atom stereocenters. The molecule has 1 aromatic carbocycles. The lowest BCUT2D eigenvalue weighted by molar-refractivity contribution is -0.143. The van der Waals surface area contributed by atoms with Crippen molar-refractivity contribution < 1.29 is 33.3 Å². The summed E-state index contributed by atoms with van der Waals surface area (Å²) in [6.45, 7) is 4.12. The number of methoxy groups -OCH3 is 2. The number of esters is 2. The Morgan fingerprint density at radius 3 is 2.41 bits per heavy atom. The van der Waals surface area contributed by atoms with Gasteiger partial charge in [0.2, 0.25) is 0 Å². The molecule has 0 aromatic heterocycles. The summed E-state index contributed by atoms with van der Waals surface area (Å²) < 4.78 is 20.0. The van der Waals surface area contributed by atoms with Crippen LogP contribution in [-0.4, -0.2) is 63.3 Å². The van der Waals surface area contributed by atoms with Crippen molar-refractivity contribution in [1.82, 2.24) is 4.90 Å². The van der Waals surface area contributed by atoms with Crippen molar-refractivity contribution in [2.24, 2.45) is 0 Å². The minimum Gasteiger partial charge on any atom is -0.482 e. The number of benzene rings is 1. The summed E-state index contributed by atoms with van der Waals surface area (Å²) >= 11 is 0. The molecular weight excluding hydrogens is 378 g/mol. The van der Waals surface area contributed by atoms with Crippen LogP contribution in [0.2, 0.25) is 0 Å². The molecule has 0 atom stereocenters. The van der Waals surface area contributed by atoms with E-state index in [1.165, 1.54) is 12.0 Å². The number of hydrogen-bond donors (Lipinski definition) is 0. The van der Waals surface area contributed by atoms with Gasteiger partial charge in [-0.25, -0.2) is 9.59 Å². The lowest BCUT2D eigenvalue weighted by Crippen LogP contribution is -2.28. The molecule has 0 N–H and O–H groups in total. The fourth-order valence-electron chi connectivity index (χ4n) is 2.81. The second-order valence-corrected chi connectivity index (χ2v) is 6.12. The van der Waals surface area contributed by atoms with Crippen LogP contribution in [-0.2, 0) is 28.6 Å². The van der Waals surface area contributed by atoms with Gasteiger partial charge < -0.3 is 23.8 Å². The Bertz CT molecular complexity index is 824. The third-order valence-electron chi connectivity index (χ3n) is 4.29. The zero-order chi connectivity index (χ0) is 21.4. The van der Waals surface area contributed by atoms with Gasteiger partial charge in [-0.1, -0.05) is 12.1 Å². The van der Waals surface area contributed by atoms with E-state index in [9.17, 15) is 14.4 Å². The molecule has 0 saturated carbocycles. The predicted octanol–water partition coefficient (Wildman–Crippen LogP) is 1.95. The molecule has 0 fully saturated rings.